The number of amides is 2. The molecule has 0 atom stereocenters. The molecule has 6 nitrogen and oxygen atoms in total. The fraction of sp³-hybridized carbons (Fsp3) is 0.667. The molecular formula is C6H10N2O4. The Morgan fingerprint density at radius 1 is 1.50 bits per heavy atom. The summed E-state index contributed by atoms with van der Waals surface area (Å²) < 4.78 is 4.66. The van der Waals surface area contributed by atoms with Crippen LogP contribution in [-0.4, -0.2) is 29.4 Å². The highest BCUT2D eigenvalue weighted by molar-refractivity contribution is 5.86. The maximum Gasteiger partial charge on any atom is 0.416 e. The van der Waals surface area contributed by atoms with Crippen molar-refractivity contribution in [3.05, 3.63) is 0 Å². The number of hydrogen-bond acceptors (Lipinski definition) is 4. The van der Waals surface area contributed by atoms with E-state index in [0.29, 0.717) is 12.8 Å². The summed E-state index contributed by atoms with van der Waals surface area (Å²) in [4.78, 5) is 20.5. The number of hydrogen-bond donors (Lipinski definition) is 3. The largest absolute Gasteiger partial charge is 0.465 e. The van der Waals surface area contributed by atoms with E-state index in [1.807, 2.05) is 0 Å². The van der Waals surface area contributed by atoms with E-state index < -0.39 is 12.2 Å². The number of imide groups is 1. The SMILES string of the molecule is NC1CC(OC(=O)NC(=O)O)C1. The first kappa shape index (κ1) is 8.79. The van der Waals surface area contributed by atoms with Crippen molar-refractivity contribution < 1.29 is 19.4 Å². The molecule has 4 N–H and O–H groups in total. The van der Waals surface area contributed by atoms with E-state index in [0.717, 1.165) is 0 Å². The molecule has 1 rings (SSSR count). The molecule has 1 fully saturated rings. The van der Waals surface area contributed by atoms with Crippen molar-refractivity contribution >= 4 is 12.2 Å². The highest BCUT2D eigenvalue weighted by Crippen LogP contribution is 2.20. The molecule has 0 spiro atoms. The summed E-state index contributed by atoms with van der Waals surface area (Å²) in [5.41, 5.74) is 5.42. The van der Waals surface area contributed by atoms with Gasteiger partial charge in [0.1, 0.15) is 6.10 Å². The van der Waals surface area contributed by atoms with Gasteiger partial charge in [0.05, 0.1) is 0 Å². The lowest BCUT2D eigenvalue weighted by molar-refractivity contribution is 0.0417. The number of carbonyl (C=O) groups excluding carboxylic acids is 1. The Bertz CT molecular complexity index is 200. The Kier molecular flexibility index (Phi) is 2.49. The molecule has 0 aromatic heterocycles. The first-order valence-electron chi connectivity index (χ1n) is 3.54. The van der Waals surface area contributed by atoms with E-state index in [1.54, 1.807) is 5.32 Å². The third kappa shape index (κ3) is 2.39. The summed E-state index contributed by atoms with van der Waals surface area (Å²) in [7, 11) is 0. The lowest BCUT2D eigenvalue weighted by atomic mass is 9.90. The average molecular weight is 174 g/mol. The normalized spacial score (nSPS) is 27.1. The summed E-state index contributed by atoms with van der Waals surface area (Å²) in [6, 6.07) is 0.0765. The molecule has 1 aliphatic carbocycles. The van der Waals surface area contributed by atoms with Gasteiger partial charge in [0, 0.05) is 6.04 Å². The average Bonchev–Trinajstić information content (AvgIpc) is 1.82. The van der Waals surface area contributed by atoms with Crippen LogP contribution in [0.4, 0.5) is 9.59 Å². The number of carboxylic acid groups (broad SMARTS) is 1. The van der Waals surface area contributed by atoms with Gasteiger partial charge in [-0.1, -0.05) is 0 Å². The molecule has 0 aliphatic heterocycles. The molecule has 2 amide bonds. The molecule has 12 heavy (non-hydrogen) atoms. The van der Waals surface area contributed by atoms with Crippen LogP contribution in [0.2, 0.25) is 0 Å². The van der Waals surface area contributed by atoms with Crippen LogP contribution >= 0.6 is 0 Å². The predicted molar refractivity (Wildman–Crippen MR) is 38.6 cm³/mol. The van der Waals surface area contributed by atoms with E-state index in [9.17, 15) is 9.59 Å². The van der Waals surface area contributed by atoms with Crippen LogP contribution in [0.3, 0.4) is 0 Å². The molecular weight excluding hydrogens is 164 g/mol. The summed E-state index contributed by atoms with van der Waals surface area (Å²) in [6.07, 6.45) is -1.36. The van der Waals surface area contributed by atoms with Crippen LogP contribution in [0.5, 0.6) is 0 Å². The maximum atomic E-state index is 10.6. The third-order valence-corrected chi connectivity index (χ3v) is 1.61. The molecule has 0 bridgehead atoms. The Morgan fingerprint density at radius 3 is 2.50 bits per heavy atom. The monoisotopic (exact) mass is 174 g/mol. The van der Waals surface area contributed by atoms with Gasteiger partial charge in [-0.25, -0.2) is 14.9 Å². The lowest BCUT2D eigenvalue weighted by Gasteiger charge is -2.31. The van der Waals surface area contributed by atoms with E-state index in [4.69, 9.17) is 10.8 Å². The third-order valence-electron chi connectivity index (χ3n) is 1.61. The minimum Gasteiger partial charge on any atom is -0.465 e. The van der Waals surface area contributed by atoms with E-state index in [1.165, 1.54) is 0 Å². The van der Waals surface area contributed by atoms with Crippen LogP contribution in [0.15, 0.2) is 0 Å². The molecule has 0 aromatic rings. The van der Waals surface area contributed by atoms with Crippen LogP contribution in [0.1, 0.15) is 12.8 Å². The van der Waals surface area contributed by atoms with E-state index in [2.05, 4.69) is 4.74 Å². The van der Waals surface area contributed by atoms with Gasteiger partial charge in [0.25, 0.3) is 0 Å². The number of nitrogens with two attached hydrogens (primary N) is 1. The molecule has 0 saturated heterocycles. The number of ether oxygens (including phenoxy) is 1. The summed E-state index contributed by atoms with van der Waals surface area (Å²) in [6.45, 7) is 0. The second kappa shape index (κ2) is 3.40. The second-order valence-electron chi connectivity index (χ2n) is 2.69. The van der Waals surface area contributed by atoms with Crippen molar-refractivity contribution in [2.24, 2.45) is 5.73 Å². The molecule has 0 radical (unpaired) electrons. The molecule has 68 valence electrons. The standard InChI is InChI=1S/C6H10N2O4/c7-3-1-4(2-3)12-6(11)8-5(9)10/h3-4H,1-2,7H2,(H,8,11)(H,9,10). The first-order valence-corrected chi connectivity index (χ1v) is 3.54. The zero-order valence-electron chi connectivity index (χ0n) is 6.32. The Hall–Kier alpha value is -1.30. The van der Waals surface area contributed by atoms with Crippen molar-refractivity contribution in [3.63, 3.8) is 0 Å². The van der Waals surface area contributed by atoms with Crippen molar-refractivity contribution in [2.45, 2.75) is 25.0 Å². The molecule has 0 aromatic carbocycles. The molecule has 0 unspecified atom stereocenters. The molecule has 1 aliphatic rings. The summed E-state index contributed by atoms with van der Waals surface area (Å²) in [5, 5.41) is 9.67. The van der Waals surface area contributed by atoms with Gasteiger partial charge in [-0.15, -0.1) is 0 Å². The van der Waals surface area contributed by atoms with E-state index in [-0.39, 0.29) is 12.1 Å². The highest BCUT2D eigenvalue weighted by atomic mass is 16.6. The topological polar surface area (TPSA) is 102 Å². The molecule has 0 heterocycles. The van der Waals surface area contributed by atoms with Gasteiger partial charge in [0.15, 0.2) is 0 Å². The molecule has 1 saturated carbocycles. The van der Waals surface area contributed by atoms with Crippen molar-refractivity contribution in [1.29, 1.82) is 0 Å². The number of nitrogens with one attached hydrogen (secondary N) is 1. The van der Waals surface area contributed by atoms with E-state index >= 15 is 0 Å². The highest BCUT2D eigenvalue weighted by Gasteiger charge is 2.29. The quantitative estimate of drug-likeness (QED) is 0.514. The van der Waals surface area contributed by atoms with Gasteiger partial charge in [0.2, 0.25) is 0 Å². The van der Waals surface area contributed by atoms with Crippen LogP contribution in [-0.2, 0) is 4.74 Å². The zero-order valence-corrected chi connectivity index (χ0v) is 6.32. The molecule has 6 heteroatoms. The van der Waals surface area contributed by atoms with Crippen molar-refractivity contribution in [2.75, 3.05) is 0 Å². The second-order valence-corrected chi connectivity index (χ2v) is 2.69. The smallest absolute Gasteiger partial charge is 0.416 e. The van der Waals surface area contributed by atoms with Gasteiger partial charge >= 0.3 is 12.2 Å². The summed E-state index contributed by atoms with van der Waals surface area (Å²) >= 11 is 0. The Labute approximate surface area is 68.7 Å². The number of carbonyl (C=O) groups is 2. The van der Waals surface area contributed by atoms with Gasteiger partial charge < -0.3 is 15.6 Å². The van der Waals surface area contributed by atoms with Crippen LogP contribution < -0.4 is 11.1 Å². The van der Waals surface area contributed by atoms with Gasteiger partial charge in [-0.2, -0.15) is 0 Å². The van der Waals surface area contributed by atoms with Crippen molar-refractivity contribution in [3.8, 4) is 0 Å². The minimum atomic E-state index is -1.41. The van der Waals surface area contributed by atoms with Crippen molar-refractivity contribution in [1.82, 2.24) is 5.32 Å². The fourth-order valence-corrected chi connectivity index (χ4v) is 0.971. The van der Waals surface area contributed by atoms with Gasteiger partial charge in [-0.05, 0) is 12.8 Å². The predicted octanol–water partition coefficient (Wildman–Crippen LogP) is -0.120. The Morgan fingerprint density at radius 2 is 2.08 bits per heavy atom. The Balaban J connectivity index is 2.15. The summed E-state index contributed by atoms with van der Waals surface area (Å²) in [5.74, 6) is 0. The lowest BCUT2D eigenvalue weighted by Crippen LogP contribution is -2.44. The number of alkyl carbamates (subject to hydrolysis) is 1. The van der Waals surface area contributed by atoms with Gasteiger partial charge in [-0.3, -0.25) is 0 Å². The maximum absolute atomic E-state index is 10.6. The number of rotatable bonds is 1. The van der Waals surface area contributed by atoms with Crippen LogP contribution in [0.25, 0.3) is 0 Å². The van der Waals surface area contributed by atoms with Crippen LogP contribution in [0, 0.1) is 0 Å². The zero-order chi connectivity index (χ0) is 9.14. The fourth-order valence-electron chi connectivity index (χ4n) is 0.971. The first-order chi connectivity index (χ1) is 5.58. The minimum absolute atomic E-state index is 0.0765.